The number of hydrogen-bond acceptors (Lipinski definition) is 5. The fourth-order valence-electron chi connectivity index (χ4n) is 1.03. The molecule has 0 aliphatic rings. The molecular formula is C11H20ClNO5. The van der Waals surface area contributed by atoms with Crippen molar-refractivity contribution in [1.82, 2.24) is 4.90 Å². The van der Waals surface area contributed by atoms with E-state index in [4.69, 9.17) is 21.1 Å². The molecule has 0 saturated heterocycles. The molecule has 6 nitrogen and oxygen atoms in total. The summed E-state index contributed by atoms with van der Waals surface area (Å²) in [6.07, 6.45) is -0.592. The number of carbonyl (C=O) groups excluding carboxylic acids is 2. The Morgan fingerprint density at radius 2 is 1.89 bits per heavy atom. The molecule has 0 aromatic heterocycles. The molecule has 0 aliphatic heterocycles. The SMILES string of the molecule is COCCN(CC(=O)OCCl)C(=O)OC(C)(C)C. The Bertz CT molecular complexity index is 277. The average Bonchev–Trinajstić information content (AvgIpc) is 2.21. The van der Waals surface area contributed by atoms with E-state index in [9.17, 15) is 9.59 Å². The zero-order valence-corrected chi connectivity index (χ0v) is 12.0. The van der Waals surface area contributed by atoms with Crippen LogP contribution in [0.4, 0.5) is 4.79 Å². The van der Waals surface area contributed by atoms with Crippen LogP contribution in [-0.2, 0) is 19.0 Å². The number of esters is 1. The van der Waals surface area contributed by atoms with Crippen LogP contribution in [0.5, 0.6) is 0 Å². The van der Waals surface area contributed by atoms with Gasteiger partial charge < -0.3 is 14.2 Å². The summed E-state index contributed by atoms with van der Waals surface area (Å²) < 4.78 is 14.6. The minimum Gasteiger partial charge on any atom is -0.448 e. The lowest BCUT2D eigenvalue weighted by Crippen LogP contribution is -2.41. The summed E-state index contributed by atoms with van der Waals surface area (Å²) in [5, 5.41) is 0. The summed E-state index contributed by atoms with van der Waals surface area (Å²) in [7, 11) is 1.50. The smallest absolute Gasteiger partial charge is 0.410 e. The van der Waals surface area contributed by atoms with E-state index in [1.807, 2.05) is 0 Å². The second-order valence-electron chi connectivity index (χ2n) is 4.52. The quantitative estimate of drug-likeness (QED) is 0.547. The van der Waals surface area contributed by atoms with Crippen LogP contribution in [-0.4, -0.2) is 55.4 Å². The number of amides is 1. The number of carbonyl (C=O) groups is 2. The summed E-state index contributed by atoms with van der Waals surface area (Å²) >= 11 is 5.27. The standard InChI is InChI=1S/C11H20ClNO5/c1-11(2,3)18-10(15)13(5-6-16-4)7-9(14)17-8-12/h5-8H2,1-4H3. The lowest BCUT2D eigenvalue weighted by molar-refractivity contribution is -0.142. The van der Waals surface area contributed by atoms with Crippen molar-refractivity contribution in [3.8, 4) is 0 Å². The molecule has 106 valence electrons. The van der Waals surface area contributed by atoms with Gasteiger partial charge in [-0.05, 0) is 20.8 Å². The van der Waals surface area contributed by atoms with Crippen LogP contribution >= 0.6 is 11.6 Å². The topological polar surface area (TPSA) is 65.1 Å². The van der Waals surface area contributed by atoms with Gasteiger partial charge in [0.05, 0.1) is 6.61 Å². The molecule has 0 unspecified atom stereocenters. The number of ether oxygens (including phenoxy) is 3. The van der Waals surface area contributed by atoms with Gasteiger partial charge in [-0.3, -0.25) is 9.69 Å². The molecule has 0 heterocycles. The van der Waals surface area contributed by atoms with Gasteiger partial charge in [0.2, 0.25) is 0 Å². The van der Waals surface area contributed by atoms with Crippen molar-refractivity contribution < 1.29 is 23.8 Å². The first-order valence-electron chi connectivity index (χ1n) is 5.48. The van der Waals surface area contributed by atoms with Gasteiger partial charge in [-0.15, -0.1) is 0 Å². The summed E-state index contributed by atoms with van der Waals surface area (Å²) in [5.74, 6) is -0.591. The first-order chi connectivity index (χ1) is 8.30. The van der Waals surface area contributed by atoms with Gasteiger partial charge in [-0.25, -0.2) is 4.79 Å². The van der Waals surface area contributed by atoms with Gasteiger partial charge in [-0.2, -0.15) is 0 Å². The molecule has 1 amide bonds. The van der Waals surface area contributed by atoms with Gasteiger partial charge in [-0.1, -0.05) is 11.6 Å². The number of halogens is 1. The minimum atomic E-state index is -0.626. The van der Waals surface area contributed by atoms with Crippen LogP contribution in [0.3, 0.4) is 0 Å². The molecule has 0 aromatic rings. The Morgan fingerprint density at radius 1 is 1.28 bits per heavy atom. The fraction of sp³-hybridized carbons (Fsp3) is 0.818. The number of nitrogens with zero attached hydrogens (tertiary/aromatic N) is 1. The summed E-state index contributed by atoms with van der Waals surface area (Å²) in [6, 6.07) is -0.245. The van der Waals surface area contributed by atoms with Crippen molar-refractivity contribution in [2.75, 3.05) is 32.9 Å². The van der Waals surface area contributed by atoms with Crippen molar-refractivity contribution in [2.45, 2.75) is 26.4 Å². The first kappa shape index (κ1) is 17.0. The molecule has 0 saturated carbocycles. The normalized spacial score (nSPS) is 10.9. The van der Waals surface area contributed by atoms with Crippen LogP contribution in [0.1, 0.15) is 20.8 Å². The van der Waals surface area contributed by atoms with Crippen molar-refractivity contribution in [1.29, 1.82) is 0 Å². The van der Waals surface area contributed by atoms with Gasteiger partial charge in [0.15, 0.2) is 6.07 Å². The largest absolute Gasteiger partial charge is 0.448 e. The number of rotatable bonds is 6. The molecule has 0 N–H and O–H groups in total. The van der Waals surface area contributed by atoms with Crippen molar-refractivity contribution >= 4 is 23.7 Å². The third-order valence-corrected chi connectivity index (χ3v) is 1.86. The number of hydrogen-bond donors (Lipinski definition) is 0. The molecule has 0 aliphatic carbocycles. The molecule has 0 bridgehead atoms. The number of methoxy groups -OCH3 is 1. The molecule has 0 atom stereocenters. The molecule has 0 rings (SSSR count). The molecule has 0 radical (unpaired) electrons. The summed E-state index contributed by atoms with van der Waals surface area (Å²) in [6.45, 7) is 5.56. The fourth-order valence-corrected chi connectivity index (χ4v) is 1.15. The Kier molecular flexibility index (Phi) is 7.70. The van der Waals surface area contributed by atoms with Crippen LogP contribution in [0.15, 0.2) is 0 Å². The lowest BCUT2D eigenvalue weighted by Gasteiger charge is -2.26. The zero-order chi connectivity index (χ0) is 14.2. The Labute approximate surface area is 112 Å². The molecule has 0 spiro atoms. The van der Waals surface area contributed by atoms with Gasteiger partial charge >= 0.3 is 12.1 Å². The molecular weight excluding hydrogens is 262 g/mol. The van der Waals surface area contributed by atoms with Crippen molar-refractivity contribution in [3.63, 3.8) is 0 Å². The van der Waals surface area contributed by atoms with E-state index in [0.29, 0.717) is 6.61 Å². The highest BCUT2D eigenvalue weighted by Crippen LogP contribution is 2.10. The van der Waals surface area contributed by atoms with E-state index in [1.165, 1.54) is 12.0 Å². The lowest BCUT2D eigenvalue weighted by atomic mass is 10.2. The van der Waals surface area contributed by atoms with E-state index >= 15 is 0 Å². The second kappa shape index (κ2) is 8.16. The van der Waals surface area contributed by atoms with E-state index in [1.54, 1.807) is 20.8 Å². The van der Waals surface area contributed by atoms with E-state index in [2.05, 4.69) is 4.74 Å². The maximum absolute atomic E-state index is 11.8. The predicted octanol–water partition coefficient (Wildman–Crippen LogP) is 1.61. The van der Waals surface area contributed by atoms with Crippen LogP contribution < -0.4 is 0 Å². The van der Waals surface area contributed by atoms with Crippen LogP contribution in [0.2, 0.25) is 0 Å². The summed E-state index contributed by atoms with van der Waals surface area (Å²) in [5.41, 5.74) is -0.626. The molecule has 0 aromatic carbocycles. The zero-order valence-electron chi connectivity index (χ0n) is 11.2. The monoisotopic (exact) mass is 281 g/mol. The Balaban J connectivity index is 4.46. The minimum absolute atomic E-state index is 0.217. The average molecular weight is 282 g/mol. The number of alkyl halides is 1. The van der Waals surface area contributed by atoms with Gasteiger partial charge in [0.1, 0.15) is 12.1 Å². The van der Waals surface area contributed by atoms with E-state index in [-0.39, 0.29) is 19.2 Å². The highest BCUT2D eigenvalue weighted by atomic mass is 35.5. The van der Waals surface area contributed by atoms with E-state index < -0.39 is 17.7 Å². The van der Waals surface area contributed by atoms with Crippen LogP contribution in [0, 0.1) is 0 Å². The first-order valence-corrected chi connectivity index (χ1v) is 6.02. The Morgan fingerprint density at radius 3 is 2.33 bits per heavy atom. The van der Waals surface area contributed by atoms with Gasteiger partial charge in [0, 0.05) is 13.7 Å². The third kappa shape index (κ3) is 8.14. The maximum Gasteiger partial charge on any atom is 0.410 e. The van der Waals surface area contributed by atoms with E-state index in [0.717, 1.165) is 0 Å². The highest BCUT2D eigenvalue weighted by Gasteiger charge is 2.24. The highest BCUT2D eigenvalue weighted by molar-refractivity contribution is 6.17. The van der Waals surface area contributed by atoms with Crippen LogP contribution in [0.25, 0.3) is 0 Å². The van der Waals surface area contributed by atoms with Gasteiger partial charge in [0.25, 0.3) is 0 Å². The second-order valence-corrected chi connectivity index (χ2v) is 4.74. The van der Waals surface area contributed by atoms with Crippen molar-refractivity contribution in [2.24, 2.45) is 0 Å². The third-order valence-electron chi connectivity index (χ3n) is 1.75. The predicted molar refractivity (Wildman–Crippen MR) is 66.5 cm³/mol. The molecule has 0 fully saturated rings. The summed E-state index contributed by atoms with van der Waals surface area (Å²) in [4.78, 5) is 24.3. The molecule has 7 heteroatoms. The Hall–Kier alpha value is -1.01. The molecule has 18 heavy (non-hydrogen) atoms. The van der Waals surface area contributed by atoms with Crippen molar-refractivity contribution in [3.05, 3.63) is 0 Å². The maximum atomic E-state index is 11.8.